The number of piperidine rings is 1. The van der Waals surface area contributed by atoms with Crippen LogP contribution in [0.5, 0.6) is 0 Å². The Morgan fingerprint density at radius 1 is 1.25 bits per heavy atom. The Morgan fingerprint density at radius 2 is 1.85 bits per heavy atom. The van der Waals surface area contributed by atoms with Gasteiger partial charge in [0, 0.05) is 30.6 Å². The highest BCUT2D eigenvalue weighted by molar-refractivity contribution is 5.81. The summed E-state index contributed by atoms with van der Waals surface area (Å²) in [5.74, 6) is 1.54. The number of hydrogen-bond acceptors (Lipinski definition) is 2. The van der Waals surface area contributed by atoms with E-state index in [1.165, 1.54) is 13.0 Å². The van der Waals surface area contributed by atoms with Crippen molar-refractivity contribution in [1.82, 2.24) is 10.2 Å². The molecule has 118 valence electrons. The van der Waals surface area contributed by atoms with Gasteiger partial charge in [-0.25, -0.2) is 0 Å². The number of rotatable bonds is 4. The minimum absolute atomic E-state index is 0.177. The van der Waals surface area contributed by atoms with Gasteiger partial charge in [0.25, 0.3) is 0 Å². The third kappa shape index (κ3) is 4.76. The molecule has 0 aliphatic carbocycles. The second-order valence-corrected chi connectivity index (χ2v) is 7.87. The van der Waals surface area contributed by atoms with Crippen LogP contribution < -0.4 is 5.32 Å². The second-order valence-electron chi connectivity index (χ2n) is 7.87. The van der Waals surface area contributed by atoms with E-state index in [2.05, 4.69) is 37.9 Å². The number of nitrogens with zero attached hydrogens (tertiary/aromatic N) is 1. The Hall–Kier alpha value is -0.570. The molecular weight excluding hydrogens is 248 g/mol. The Morgan fingerprint density at radius 3 is 2.30 bits per heavy atom. The van der Waals surface area contributed by atoms with Gasteiger partial charge in [0.05, 0.1) is 0 Å². The molecule has 0 spiro atoms. The van der Waals surface area contributed by atoms with Crippen molar-refractivity contribution in [1.29, 1.82) is 0 Å². The van der Waals surface area contributed by atoms with Gasteiger partial charge in [0.2, 0.25) is 5.91 Å². The third-order valence-electron chi connectivity index (χ3n) is 4.68. The Bertz CT molecular complexity index is 319. The van der Waals surface area contributed by atoms with Crippen LogP contribution in [-0.2, 0) is 4.79 Å². The molecule has 3 unspecified atom stereocenters. The van der Waals surface area contributed by atoms with E-state index >= 15 is 0 Å². The van der Waals surface area contributed by atoms with Gasteiger partial charge in [-0.05, 0) is 31.6 Å². The van der Waals surface area contributed by atoms with Crippen molar-refractivity contribution >= 4 is 5.91 Å². The fraction of sp³-hybridized carbons (Fsp3) is 0.941. The monoisotopic (exact) mass is 282 g/mol. The fourth-order valence-corrected chi connectivity index (χ4v) is 2.78. The van der Waals surface area contributed by atoms with Gasteiger partial charge in [-0.3, -0.25) is 9.69 Å². The molecule has 1 fully saturated rings. The lowest BCUT2D eigenvalue weighted by Gasteiger charge is -2.43. The Balaban J connectivity index is 2.72. The van der Waals surface area contributed by atoms with Crippen molar-refractivity contribution in [2.75, 3.05) is 13.1 Å². The van der Waals surface area contributed by atoms with E-state index in [1.54, 1.807) is 0 Å². The van der Waals surface area contributed by atoms with Gasteiger partial charge >= 0.3 is 0 Å². The summed E-state index contributed by atoms with van der Waals surface area (Å²) in [6.45, 7) is 17.3. The predicted octanol–water partition coefficient (Wildman–Crippen LogP) is 3.29. The number of likely N-dealkylation sites (tertiary alicyclic amines) is 1. The van der Waals surface area contributed by atoms with Crippen molar-refractivity contribution in [3.05, 3.63) is 0 Å². The molecule has 0 aromatic heterocycles. The van der Waals surface area contributed by atoms with Crippen molar-refractivity contribution in [2.45, 2.75) is 73.4 Å². The van der Waals surface area contributed by atoms with Crippen LogP contribution in [0, 0.1) is 17.3 Å². The molecule has 1 N–H and O–H groups in total. The molecule has 0 bridgehead atoms. The molecule has 0 radical (unpaired) electrons. The van der Waals surface area contributed by atoms with E-state index in [-0.39, 0.29) is 11.3 Å². The van der Waals surface area contributed by atoms with E-state index in [9.17, 15) is 4.79 Å². The molecule has 1 aliphatic rings. The molecule has 3 heteroatoms. The maximum Gasteiger partial charge on any atom is 0.225 e. The van der Waals surface area contributed by atoms with Gasteiger partial charge in [0.15, 0.2) is 0 Å². The van der Waals surface area contributed by atoms with Crippen LogP contribution in [0.25, 0.3) is 0 Å². The number of carbonyl (C=O) groups excluding carboxylic acids is 1. The highest BCUT2D eigenvalue weighted by Gasteiger charge is 2.33. The first-order chi connectivity index (χ1) is 9.15. The van der Waals surface area contributed by atoms with E-state index in [4.69, 9.17) is 0 Å². The topological polar surface area (TPSA) is 32.3 Å². The molecule has 20 heavy (non-hydrogen) atoms. The molecule has 1 amide bonds. The molecule has 0 saturated carbocycles. The lowest BCUT2D eigenvalue weighted by molar-refractivity contribution is -0.130. The van der Waals surface area contributed by atoms with Gasteiger partial charge in [-0.15, -0.1) is 0 Å². The fourth-order valence-electron chi connectivity index (χ4n) is 2.78. The van der Waals surface area contributed by atoms with Crippen LogP contribution in [0.15, 0.2) is 0 Å². The largest absolute Gasteiger partial charge is 0.352 e. The van der Waals surface area contributed by atoms with Crippen LogP contribution in [0.3, 0.4) is 0 Å². The van der Waals surface area contributed by atoms with Crippen molar-refractivity contribution in [3.8, 4) is 0 Å². The maximum absolute atomic E-state index is 12.2. The summed E-state index contributed by atoms with van der Waals surface area (Å²) in [4.78, 5) is 14.8. The zero-order chi connectivity index (χ0) is 15.5. The summed E-state index contributed by atoms with van der Waals surface area (Å²) in [6, 6.07) is 0.905. The molecule has 3 atom stereocenters. The van der Waals surface area contributed by atoms with Crippen molar-refractivity contribution in [3.63, 3.8) is 0 Å². The minimum Gasteiger partial charge on any atom is -0.352 e. The number of hydrogen-bond donors (Lipinski definition) is 1. The van der Waals surface area contributed by atoms with Crippen LogP contribution in [0.4, 0.5) is 0 Å². The molecular formula is C17H34N2O. The first-order valence-electron chi connectivity index (χ1n) is 8.20. The lowest BCUT2D eigenvalue weighted by atomic mass is 9.84. The zero-order valence-electron chi connectivity index (χ0n) is 14.5. The zero-order valence-corrected chi connectivity index (χ0v) is 14.5. The van der Waals surface area contributed by atoms with Gasteiger partial charge in [-0.2, -0.15) is 0 Å². The molecule has 3 nitrogen and oxygen atoms in total. The summed E-state index contributed by atoms with van der Waals surface area (Å²) in [6.07, 6.45) is 2.29. The van der Waals surface area contributed by atoms with Crippen LogP contribution in [-0.4, -0.2) is 36.0 Å². The molecule has 1 saturated heterocycles. The molecule has 1 aliphatic heterocycles. The Labute approximate surface area is 125 Å². The van der Waals surface area contributed by atoms with Crippen LogP contribution >= 0.6 is 0 Å². The molecule has 0 aromatic carbocycles. The maximum atomic E-state index is 12.2. The van der Waals surface area contributed by atoms with Gasteiger partial charge in [-0.1, -0.05) is 41.5 Å². The average Bonchev–Trinajstić information content (AvgIpc) is 2.36. The lowest BCUT2D eigenvalue weighted by Crippen LogP contribution is -2.55. The highest BCUT2D eigenvalue weighted by Crippen LogP contribution is 2.26. The summed E-state index contributed by atoms with van der Waals surface area (Å²) >= 11 is 0. The van der Waals surface area contributed by atoms with Crippen LogP contribution in [0.2, 0.25) is 0 Å². The standard InChI is InChI=1S/C17H34N2O/c1-8-13(4)19-10-14(12(2)3)9-15(11-19)18-16(20)17(5,6)7/h12-15H,8-11H2,1-7H3,(H,18,20). The summed E-state index contributed by atoms with van der Waals surface area (Å²) in [7, 11) is 0. The first kappa shape index (κ1) is 17.5. The first-order valence-corrected chi connectivity index (χ1v) is 8.20. The van der Waals surface area contributed by atoms with E-state index in [1.807, 2.05) is 20.8 Å². The van der Waals surface area contributed by atoms with Gasteiger partial charge in [0.1, 0.15) is 0 Å². The Kier molecular flexibility index (Phi) is 6.06. The number of carbonyl (C=O) groups is 1. The average molecular weight is 282 g/mol. The third-order valence-corrected chi connectivity index (χ3v) is 4.68. The number of nitrogens with one attached hydrogen (secondary N) is 1. The molecule has 1 rings (SSSR count). The van der Waals surface area contributed by atoms with Gasteiger partial charge < -0.3 is 5.32 Å². The summed E-state index contributed by atoms with van der Waals surface area (Å²) in [5.41, 5.74) is -0.300. The van der Waals surface area contributed by atoms with Crippen molar-refractivity contribution < 1.29 is 4.79 Å². The van der Waals surface area contributed by atoms with Crippen molar-refractivity contribution in [2.24, 2.45) is 17.3 Å². The summed E-state index contributed by atoms with van der Waals surface area (Å²) in [5, 5.41) is 3.27. The quantitative estimate of drug-likeness (QED) is 0.858. The van der Waals surface area contributed by atoms with E-state index in [0.29, 0.717) is 23.9 Å². The predicted molar refractivity (Wildman–Crippen MR) is 85.7 cm³/mol. The highest BCUT2D eigenvalue weighted by atomic mass is 16.2. The summed E-state index contributed by atoms with van der Waals surface area (Å²) < 4.78 is 0. The van der Waals surface area contributed by atoms with E-state index in [0.717, 1.165) is 13.0 Å². The molecule has 0 aromatic rings. The van der Waals surface area contributed by atoms with E-state index < -0.39 is 0 Å². The smallest absolute Gasteiger partial charge is 0.225 e. The van der Waals surface area contributed by atoms with Crippen LogP contribution in [0.1, 0.15) is 61.3 Å². The number of amides is 1. The second kappa shape index (κ2) is 6.93. The normalized spacial score (nSPS) is 26.6. The SMILES string of the molecule is CCC(C)N1CC(NC(=O)C(C)(C)C)CC(C(C)C)C1. The minimum atomic E-state index is -0.300. The molecule has 1 heterocycles.